The molecule has 162 valence electrons. The Morgan fingerprint density at radius 2 is 1.74 bits per heavy atom. The van der Waals surface area contributed by atoms with E-state index < -0.39 is 6.04 Å². The summed E-state index contributed by atoms with van der Waals surface area (Å²) < 4.78 is 5.19. The van der Waals surface area contributed by atoms with E-state index in [2.05, 4.69) is 4.90 Å². The molecule has 4 rings (SSSR count). The normalized spacial score (nSPS) is 19.5. The Kier molecular flexibility index (Phi) is 6.35. The van der Waals surface area contributed by atoms with Crippen LogP contribution in [0.2, 0.25) is 0 Å². The molecule has 1 saturated heterocycles. The Hall–Kier alpha value is -3.15. The van der Waals surface area contributed by atoms with Crippen molar-refractivity contribution >= 4 is 23.5 Å². The highest BCUT2D eigenvalue weighted by Gasteiger charge is 2.40. The highest BCUT2D eigenvalue weighted by Crippen LogP contribution is 2.28. The van der Waals surface area contributed by atoms with Gasteiger partial charge in [-0.15, -0.1) is 0 Å². The Bertz CT molecular complexity index is 948. The SMILES string of the molecule is CCOC(=O)C1CCN(C2=NC(Cc3ccccc3)C(=O)N2c2ccc(C)cc2)CC1. The Morgan fingerprint density at radius 3 is 2.39 bits per heavy atom. The number of esters is 1. The molecule has 2 aliphatic rings. The van der Waals surface area contributed by atoms with E-state index in [0.29, 0.717) is 44.9 Å². The molecular formula is C25H29N3O3. The number of carbonyl (C=O) groups excluding carboxylic acids is 2. The standard InChI is InChI=1S/C25H29N3O3/c1-3-31-24(30)20-13-15-27(16-14-20)25-26-22(17-19-7-5-4-6-8-19)23(29)28(25)21-11-9-18(2)10-12-21/h4-12,20,22H,3,13-17H2,1-2H3. The molecule has 1 atom stereocenters. The lowest BCUT2D eigenvalue weighted by molar-refractivity contribution is -0.149. The van der Waals surface area contributed by atoms with E-state index in [1.807, 2.05) is 68.4 Å². The first-order valence-electron chi connectivity index (χ1n) is 11.0. The second-order valence-corrected chi connectivity index (χ2v) is 8.16. The van der Waals surface area contributed by atoms with Crippen LogP contribution in [0.3, 0.4) is 0 Å². The molecule has 0 N–H and O–H groups in total. The number of piperidine rings is 1. The fraction of sp³-hybridized carbons (Fsp3) is 0.400. The van der Waals surface area contributed by atoms with Crippen molar-refractivity contribution in [2.24, 2.45) is 10.9 Å². The summed E-state index contributed by atoms with van der Waals surface area (Å²) in [6.07, 6.45) is 1.99. The maximum absolute atomic E-state index is 13.4. The number of amides is 1. The Labute approximate surface area is 183 Å². The van der Waals surface area contributed by atoms with Crippen LogP contribution in [-0.4, -0.2) is 48.5 Å². The number of aryl methyl sites for hydroxylation is 1. The van der Waals surface area contributed by atoms with Crippen LogP contribution in [0.25, 0.3) is 0 Å². The number of likely N-dealkylation sites (tertiary alicyclic amines) is 1. The van der Waals surface area contributed by atoms with Crippen LogP contribution in [0, 0.1) is 12.8 Å². The van der Waals surface area contributed by atoms with Crippen molar-refractivity contribution in [3.63, 3.8) is 0 Å². The highest BCUT2D eigenvalue weighted by atomic mass is 16.5. The first-order chi connectivity index (χ1) is 15.1. The summed E-state index contributed by atoms with van der Waals surface area (Å²) in [5.41, 5.74) is 3.07. The predicted octanol–water partition coefficient (Wildman–Crippen LogP) is 3.58. The molecule has 1 unspecified atom stereocenters. The molecule has 1 fully saturated rings. The molecule has 0 bridgehead atoms. The number of rotatable bonds is 5. The first kappa shape index (κ1) is 21.1. The number of ether oxygens (including phenoxy) is 1. The van der Waals surface area contributed by atoms with Crippen LogP contribution >= 0.6 is 0 Å². The third-order valence-corrected chi connectivity index (χ3v) is 5.94. The zero-order valence-corrected chi connectivity index (χ0v) is 18.2. The minimum absolute atomic E-state index is 0.00442. The quantitative estimate of drug-likeness (QED) is 0.695. The van der Waals surface area contributed by atoms with E-state index >= 15 is 0 Å². The number of carbonyl (C=O) groups is 2. The number of benzene rings is 2. The van der Waals surface area contributed by atoms with Gasteiger partial charge in [0.2, 0.25) is 5.96 Å². The molecule has 0 saturated carbocycles. The lowest BCUT2D eigenvalue weighted by Gasteiger charge is -2.35. The van der Waals surface area contributed by atoms with E-state index in [9.17, 15) is 9.59 Å². The molecule has 2 aliphatic heterocycles. The summed E-state index contributed by atoms with van der Waals surface area (Å²) in [6.45, 7) is 5.62. The zero-order chi connectivity index (χ0) is 21.8. The van der Waals surface area contributed by atoms with E-state index in [1.54, 1.807) is 4.90 Å². The van der Waals surface area contributed by atoms with E-state index in [-0.39, 0.29) is 17.8 Å². The van der Waals surface area contributed by atoms with Gasteiger partial charge in [0, 0.05) is 19.5 Å². The van der Waals surface area contributed by atoms with Gasteiger partial charge in [-0.2, -0.15) is 0 Å². The molecule has 2 heterocycles. The lowest BCUT2D eigenvalue weighted by atomic mass is 9.97. The second kappa shape index (κ2) is 9.33. The van der Waals surface area contributed by atoms with Crippen LogP contribution < -0.4 is 4.90 Å². The molecule has 2 aromatic carbocycles. The summed E-state index contributed by atoms with van der Waals surface area (Å²) >= 11 is 0. The second-order valence-electron chi connectivity index (χ2n) is 8.16. The number of guanidine groups is 1. The van der Waals surface area contributed by atoms with E-state index in [4.69, 9.17) is 9.73 Å². The predicted molar refractivity (Wildman–Crippen MR) is 121 cm³/mol. The van der Waals surface area contributed by atoms with Crippen molar-refractivity contribution in [2.75, 3.05) is 24.6 Å². The zero-order valence-electron chi connectivity index (χ0n) is 18.2. The van der Waals surface area contributed by atoms with Gasteiger partial charge in [-0.1, -0.05) is 48.0 Å². The minimum Gasteiger partial charge on any atom is -0.466 e. The Balaban J connectivity index is 1.57. The summed E-state index contributed by atoms with van der Waals surface area (Å²) in [7, 11) is 0. The van der Waals surface area contributed by atoms with Crippen molar-refractivity contribution in [3.8, 4) is 0 Å². The monoisotopic (exact) mass is 419 g/mol. The maximum Gasteiger partial charge on any atom is 0.309 e. The van der Waals surface area contributed by atoms with Crippen LogP contribution in [0.5, 0.6) is 0 Å². The van der Waals surface area contributed by atoms with Crippen molar-refractivity contribution < 1.29 is 14.3 Å². The van der Waals surface area contributed by atoms with Gasteiger partial charge in [-0.3, -0.25) is 9.59 Å². The Morgan fingerprint density at radius 1 is 1.06 bits per heavy atom. The first-order valence-corrected chi connectivity index (χ1v) is 11.0. The smallest absolute Gasteiger partial charge is 0.309 e. The van der Waals surface area contributed by atoms with Gasteiger partial charge in [0.05, 0.1) is 18.2 Å². The van der Waals surface area contributed by atoms with Crippen molar-refractivity contribution in [1.29, 1.82) is 0 Å². The van der Waals surface area contributed by atoms with Crippen LogP contribution in [0.4, 0.5) is 5.69 Å². The summed E-state index contributed by atoms with van der Waals surface area (Å²) in [6, 6.07) is 17.5. The van der Waals surface area contributed by atoms with Crippen molar-refractivity contribution in [2.45, 2.75) is 39.2 Å². The molecule has 0 spiro atoms. The van der Waals surface area contributed by atoms with Crippen LogP contribution in [0.1, 0.15) is 30.9 Å². The van der Waals surface area contributed by atoms with E-state index in [0.717, 1.165) is 16.8 Å². The average molecular weight is 420 g/mol. The molecule has 6 heteroatoms. The number of anilines is 1. The summed E-state index contributed by atoms with van der Waals surface area (Å²) in [5, 5.41) is 0. The molecular weight excluding hydrogens is 390 g/mol. The van der Waals surface area contributed by atoms with Gasteiger partial charge < -0.3 is 9.64 Å². The van der Waals surface area contributed by atoms with Crippen LogP contribution in [-0.2, 0) is 20.7 Å². The van der Waals surface area contributed by atoms with Gasteiger partial charge >= 0.3 is 5.97 Å². The maximum atomic E-state index is 13.4. The highest BCUT2D eigenvalue weighted by molar-refractivity contribution is 6.22. The lowest BCUT2D eigenvalue weighted by Crippen LogP contribution is -2.48. The third-order valence-electron chi connectivity index (χ3n) is 5.94. The van der Waals surface area contributed by atoms with E-state index in [1.165, 1.54) is 0 Å². The topological polar surface area (TPSA) is 62.2 Å². The largest absolute Gasteiger partial charge is 0.466 e. The number of aliphatic imine (C=N–C) groups is 1. The molecule has 0 aromatic heterocycles. The molecule has 1 amide bonds. The van der Waals surface area contributed by atoms with Gasteiger partial charge in [0.1, 0.15) is 6.04 Å². The summed E-state index contributed by atoms with van der Waals surface area (Å²) in [4.78, 5) is 34.3. The van der Waals surface area contributed by atoms with Gasteiger partial charge in [-0.25, -0.2) is 9.89 Å². The van der Waals surface area contributed by atoms with Crippen molar-refractivity contribution in [1.82, 2.24) is 4.90 Å². The number of nitrogens with zero attached hydrogens (tertiary/aromatic N) is 3. The molecule has 0 radical (unpaired) electrons. The molecule has 0 aliphatic carbocycles. The molecule has 6 nitrogen and oxygen atoms in total. The van der Waals surface area contributed by atoms with Crippen LogP contribution in [0.15, 0.2) is 59.6 Å². The molecule has 31 heavy (non-hydrogen) atoms. The third kappa shape index (κ3) is 4.63. The number of hydrogen-bond acceptors (Lipinski definition) is 5. The average Bonchev–Trinajstić information content (AvgIpc) is 3.11. The number of hydrogen-bond donors (Lipinski definition) is 0. The molecule has 2 aromatic rings. The fourth-order valence-electron chi connectivity index (χ4n) is 4.21. The minimum atomic E-state index is -0.443. The van der Waals surface area contributed by atoms with Gasteiger partial charge in [0.25, 0.3) is 5.91 Å². The van der Waals surface area contributed by atoms with Gasteiger partial charge in [-0.05, 0) is 44.4 Å². The van der Waals surface area contributed by atoms with Gasteiger partial charge in [0.15, 0.2) is 0 Å². The fourth-order valence-corrected chi connectivity index (χ4v) is 4.21. The summed E-state index contributed by atoms with van der Waals surface area (Å²) in [5.74, 6) is 0.484. The van der Waals surface area contributed by atoms with Crippen molar-refractivity contribution in [3.05, 3.63) is 65.7 Å².